The topological polar surface area (TPSA) is 107 Å². The van der Waals surface area contributed by atoms with Gasteiger partial charge in [0, 0.05) is 24.3 Å². The minimum atomic E-state index is -1.28. The van der Waals surface area contributed by atoms with Gasteiger partial charge in [0.1, 0.15) is 0 Å². The maximum absolute atomic E-state index is 13.2. The van der Waals surface area contributed by atoms with E-state index < -0.39 is 6.09 Å². The number of hydrogen-bond donors (Lipinski definition) is 4. The molecule has 1 fully saturated rings. The number of amides is 2. The molecular weight excluding hydrogens is 440 g/mol. The highest BCUT2D eigenvalue weighted by Crippen LogP contribution is 2.23. The average molecular weight is 470 g/mol. The monoisotopic (exact) mass is 469 g/mol. The molecule has 178 valence electrons. The van der Waals surface area contributed by atoms with Crippen molar-refractivity contribution in [3.63, 3.8) is 0 Å². The van der Waals surface area contributed by atoms with Crippen LogP contribution in [0.5, 0.6) is 0 Å². The highest BCUT2D eigenvalue weighted by Gasteiger charge is 2.19. The zero-order chi connectivity index (χ0) is 24.6. The minimum Gasteiger partial charge on any atom is -0.447 e. The van der Waals surface area contributed by atoms with Gasteiger partial charge >= 0.3 is 6.09 Å². The van der Waals surface area contributed by atoms with E-state index in [0.717, 1.165) is 42.7 Å². The van der Waals surface area contributed by atoms with Crippen molar-refractivity contribution in [1.29, 1.82) is 0 Å². The van der Waals surface area contributed by atoms with Gasteiger partial charge in [0.2, 0.25) is 0 Å². The molecule has 3 aromatic carbocycles. The van der Waals surface area contributed by atoms with Gasteiger partial charge in [0.05, 0.1) is 11.3 Å². The third-order valence-electron chi connectivity index (χ3n) is 5.92. The number of carboxylic acid groups (broad SMARTS) is 1. The summed E-state index contributed by atoms with van der Waals surface area (Å²) < 4.78 is 0. The highest BCUT2D eigenvalue weighted by atomic mass is 16.4. The van der Waals surface area contributed by atoms with Gasteiger partial charge in [-0.3, -0.25) is 10.2 Å². The Hall–Kier alpha value is -4.39. The Morgan fingerprint density at radius 3 is 2.34 bits per heavy atom. The van der Waals surface area contributed by atoms with E-state index in [1.165, 1.54) is 6.42 Å². The molecule has 3 aromatic rings. The van der Waals surface area contributed by atoms with Crippen molar-refractivity contribution < 1.29 is 20.1 Å². The number of carbonyl (C=O) groups excluding carboxylic acids is 1. The molecule has 4 rings (SSSR count). The fourth-order valence-electron chi connectivity index (χ4n) is 4.13. The molecule has 0 atom stereocenters. The molecule has 0 saturated carbocycles. The molecule has 0 aliphatic carbocycles. The molecule has 0 radical (unpaired) electrons. The number of hydrogen-bond acceptors (Lipinski definition) is 3. The number of nitrogens with one attached hydrogen (secondary N) is 2. The van der Waals surface area contributed by atoms with Crippen molar-refractivity contribution in [3.05, 3.63) is 95.1 Å². The average Bonchev–Trinajstić information content (AvgIpc) is 2.88. The molecule has 1 saturated heterocycles. The van der Waals surface area contributed by atoms with E-state index in [-0.39, 0.29) is 11.7 Å². The molecular formula is C28H29N4O3+. The number of nitrogens with zero attached hydrogens (tertiary/aromatic N) is 1. The zero-order valence-electron chi connectivity index (χ0n) is 19.4. The quantitative estimate of drug-likeness (QED) is 0.250. The lowest BCUT2D eigenvalue weighted by atomic mass is 10.1. The van der Waals surface area contributed by atoms with Crippen LogP contribution in [0.2, 0.25) is 0 Å². The first kappa shape index (κ1) is 23.8. The summed E-state index contributed by atoms with van der Waals surface area (Å²) in [5.41, 5.74) is 4.22. The third kappa shape index (κ3) is 6.35. The zero-order valence-corrected chi connectivity index (χ0v) is 19.4. The molecule has 0 aromatic heterocycles. The van der Waals surface area contributed by atoms with Crippen LogP contribution in [0.1, 0.15) is 46.3 Å². The number of rotatable bonds is 6. The second kappa shape index (κ2) is 11.2. The molecule has 1 heterocycles. The van der Waals surface area contributed by atoms with E-state index in [0.29, 0.717) is 16.8 Å². The van der Waals surface area contributed by atoms with E-state index in [1.54, 1.807) is 18.2 Å². The van der Waals surface area contributed by atoms with Crippen LogP contribution in [-0.2, 0) is 0 Å². The molecule has 0 bridgehead atoms. The van der Waals surface area contributed by atoms with Crippen LogP contribution in [-0.4, -0.2) is 36.0 Å². The van der Waals surface area contributed by atoms with Gasteiger partial charge in [-0.2, -0.15) is 10.1 Å². The minimum absolute atomic E-state index is 0.0616. The van der Waals surface area contributed by atoms with E-state index in [4.69, 9.17) is 10.5 Å². The molecule has 2 amide bonds. The lowest BCUT2D eigenvalue weighted by Crippen LogP contribution is -2.51. The summed E-state index contributed by atoms with van der Waals surface area (Å²) in [5, 5.41) is 20.2. The van der Waals surface area contributed by atoms with Crippen LogP contribution in [0.15, 0.2) is 72.8 Å². The van der Waals surface area contributed by atoms with E-state index >= 15 is 0 Å². The van der Waals surface area contributed by atoms with Crippen LogP contribution >= 0.6 is 0 Å². The first-order chi connectivity index (χ1) is 17.0. The third-order valence-corrected chi connectivity index (χ3v) is 5.92. The van der Waals surface area contributed by atoms with Crippen molar-refractivity contribution in [2.75, 3.05) is 23.3 Å². The summed E-state index contributed by atoms with van der Waals surface area (Å²) in [4.78, 5) is 26.6. The van der Waals surface area contributed by atoms with Crippen molar-refractivity contribution in [2.24, 2.45) is 0 Å². The number of piperidine rings is 1. The van der Waals surface area contributed by atoms with Gasteiger partial charge in [-0.15, -0.1) is 0 Å². The number of nitrogens with two attached hydrogens (primary N) is 1. The Bertz CT molecular complexity index is 1250. The predicted octanol–water partition coefficient (Wildman–Crippen LogP) is 3.87. The largest absolute Gasteiger partial charge is 0.502 e. The Kier molecular flexibility index (Phi) is 7.57. The van der Waals surface area contributed by atoms with E-state index in [9.17, 15) is 9.59 Å². The van der Waals surface area contributed by atoms with Gasteiger partial charge in [0.15, 0.2) is 0 Å². The molecule has 1 aliphatic rings. The summed E-state index contributed by atoms with van der Waals surface area (Å²) in [6.45, 7) is 1.97. The fraction of sp³-hybridized carbons (Fsp3) is 0.179. The van der Waals surface area contributed by atoms with Crippen LogP contribution in [0.3, 0.4) is 0 Å². The Morgan fingerprint density at radius 1 is 0.857 bits per heavy atom. The number of anilines is 2. The highest BCUT2D eigenvalue weighted by molar-refractivity contribution is 6.11. The van der Waals surface area contributed by atoms with Crippen LogP contribution in [0.25, 0.3) is 12.2 Å². The standard InChI is InChI=1S/C28H28N4O3/c29-26(31-28(34)35)24-15-14-21(13-12-20-8-3-1-4-9-20)18-25(24)30-27(33)22-10-7-11-23(19-22)32-16-5-2-6-17-32/h1,3-4,7-15,18-19H,2,5-6,16-17H2,(H2,29,31)(H,30,33)(H,34,35)/p+1/b13-12+. The Balaban J connectivity index is 1.60. The second-order valence-electron chi connectivity index (χ2n) is 8.45. The maximum atomic E-state index is 13.2. The summed E-state index contributed by atoms with van der Waals surface area (Å²) in [6.07, 6.45) is 6.14. The lowest BCUT2D eigenvalue weighted by Gasteiger charge is -2.29. The van der Waals surface area contributed by atoms with Crippen molar-refractivity contribution >= 4 is 41.4 Å². The van der Waals surface area contributed by atoms with E-state index in [1.807, 2.05) is 66.7 Å². The van der Waals surface area contributed by atoms with Crippen molar-refractivity contribution in [2.45, 2.75) is 19.3 Å². The first-order valence-electron chi connectivity index (χ1n) is 11.7. The lowest BCUT2D eigenvalue weighted by molar-refractivity contribution is -0.116. The number of benzene rings is 3. The fourth-order valence-corrected chi connectivity index (χ4v) is 4.13. The van der Waals surface area contributed by atoms with Gasteiger partial charge in [-0.05, 0) is 60.7 Å². The van der Waals surface area contributed by atoms with Gasteiger partial charge < -0.3 is 15.3 Å². The smallest absolute Gasteiger partial charge is 0.447 e. The normalized spacial score (nSPS) is 13.4. The molecule has 1 aliphatic heterocycles. The maximum Gasteiger partial charge on any atom is 0.502 e. The molecule has 0 spiro atoms. The molecule has 0 unspecified atom stereocenters. The molecule has 7 heteroatoms. The Morgan fingerprint density at radius 2 is 1.60 bits per heavy atom. The van der Waals surface area contributed by atoms with Gasteiger partial charge in [0.25, 0.3) is 11.7 Å². The predicted molar refractivity (Wildman–Crippen MR) is 139 cm³/mol. The summed E-state index contributed by atoms with van der Waals surface area (Å²) in [7, 11) is 0. The first-order valence-corrected chi connectivity index (χ1v) is 11.7. The summed E-state index contributed by atoms with van der Waals surface area (Å²) in [5.74, 6) is -0.356. The SMILES string of the molecule is [NH2+]=C(NC(=O)O)c1ccc(/C=C/c2ccccc2)cc1NC(=O)c1cccc(N2CCCCC2)c1. The van der Waals surface area contributed by atoms with Crippen molar-refractivity contribution in [3.8, 4) is 0 Å². The van der Waals surface area contributed by atoms with Crippen molar-refractivity contribution in [1.82, 2.24) is 5.32 Å². The van der Waals surface area contributed by atoms with Crippen LogP contribution in [0.4, 0.5) is 16.2 Å². The second-order valence-corrected chi connectivity index (χ2v) is 8.45. The summed E-state index contributed by atoms with van der Waals surface area (Å²) >= 11 is 0. The van der Waals surface area contributed by atoms with Crippen LogP contribution in [0, 0.1) is 0 Å². The van der Waals surface area contributed by atoms with E-state index in [2.05, 4.69) is 15.5 Å². The Labute approximate surface area is 204 Å². The molecule has 35 heavy (non-hydrogen) atoms. The summed E-state index contributed by atoms with van der Waals surface area (Å²) in [6, 6.07) is 22.7. The van der Waals surface area contributed by atoms with Gasteiger partial charge in [-0.25, -0.2) is 0 Å². The molecule has 7 nitrogen and oxygen atoms in total. The number of carbonyl (C=O) groups is 2. The molecule has 5 N–H and O–H groups in total. The van der Waals surface area contributed by atoms with Gasteiger partial charge in [-0.1, -0.05) is 54.6 Å². The number of amidine groups is 1. The van der Waals surface area contributed by atoms with Crippen LogP contribution < -0.4 is 20.9 Å².